The first-order valence-corrected chi connectivity index (χ1v) is 7.75. The molecule has 5 heteroatoms. The van der Waals surface area contributed by atoms with Gasteiger partial charge in [0.25, 0.3) is 0 Å². The number of amides is 1. The Bertz CT molecular complexity index is 524. The highest BCUT2D eigenvalue weighted by molar-refractivity contribution is 5.70. The van der Waals surface area contributed by atoms with Gasteiger partial charge in [-0.2, -0.15) is 0 Å². The highest BCUT2D eigenvalue weighted by Gasteiger charge is 2.43. The van der Waals surface area contributed by atoms with Crippen molar-refractivity contribution in [2.24, 2.45) is 5.73 Å². The molecule has 4 nitrogen and oxygen atoms in total. The standard InChI is InChI=1S/C17H25FN2O2/c1-16(2,3)22-15(21)20-11-5-4-10-17(20,12-19)13-6-8-14(18)9-7-13/h6-9H,4-5,10-12,19H2,1-3H3. The van der Waals surface area contributed by atoms with E-state index in [0.717, 1.165) is 24.8 Å². The summed E-state index contributed by atoms with van der Waals surface area (Å²) in [6.07, 6.45) is 2.30. The van der Waals surface area contributed by atoms with Crippen molar-refractivity contribution < 1.29 is 13.9 Å². The van der Waals surface area contributed by atoms with E-state index in [4.69, 9.17) is 10.5 Å². The molecule has 2 rings (SSSR count). The van der Waals surface area contributed by atoms with Crippen molar-refractivity contribution in [3.63, 3.8) is 0 Å². The molecular weight excluding hydrogens is 283 g/mol. The molecule has 1 heterocycles. The zero-order valence-electron chi connectivity index (χ0n) is 13.6. The second-order valence-corrected chi connectivity index (χ2v) is 6.83. The number of carbonyl (C=O) groups excluding carboxylic acids is 1. The molecule has 2 N–H and O–H groups in total. The van der Waals surface area contributed by atoms with Gasteiger partial charge >= 0.3 is 6.09 Å². The van der Waals surface area contributed by atoms with Crippen LogP contribution in [0.4, 0.5) is 9.18 Å². The van der Waals surface area contributed by atoms with Crippen LogP contribution in [0.1, 0.15) is 45.6 Å². The first-order chi connectivity index (χ1) is 10.3. The second-order valence-electron chi connectivity index (χ2n) is 6.83. The fourth-order valence-electron chi connectivity index (χ4n) is 3.01. The van der Waals surface area contributed by atoms with Gasteiger partial charge in [0.1, 0.15) is 11.4 Å². The van der Waals surface area contributed by atoms with Crippen molar-refractivity contribution in [3.8, 4) is 0 Å². The molecule has 1 amide bonds. The normalized spacial score (nSPS) is 22.5. The monoisotopic (exact) mass is 308 g/mol. The summed E-state index contributed by atoms with van der Waals surface area (Å²) >= 11 is 0. The number of piperidine rings is 1. The first kappa shape index (κ1) is 16.7. The lowest BCUT2D eigenvalue weighted by Gasteiger charge is -2.47. The average molecular weight is 308 g/mol. The van der Waals surface area contributed by atoms with Gasteiger partial charge in [-0.25, -0.2) is 9.18 Å². The maximum Gasteiger partial charge on any atom is 0.411 e. The highest BCUT2D eigenvalue weighted by atomic mass is 19.1. The Morgan fingerprint density at radius 2 is 1.95 bits per heavy atom. The number of benzene rings is 1. The number of rotatable bonds is 2. The van der Waals surface area contributed by atoms with Crippen LogP contribution in [-0.4, -0.2) is 29.7 Å². The average Bonchev–Trinajstić information content (AvgIpc) is 2.46. The summed E-state index contributed by atoms with van der Waals surface area (Å²) in [6, 6.07) is 6.25. The van der Waals surface area contributed by atoms with Crippen LogP contribution in [0.25, 0.3) is 0 Å². The SMILES string of the molecule is CC(C)(C)OC(=O)N1CCCCC1(CN)c1ccc(F)cc1. The van der Waals surface area contributed by atoms with E-state index in [9.17, 15) is 9.18 Å². The number of hydrogen-bond donors (Lipinski definition) is 1. The minimum Gasteiger partial charge on any atom is -0.444 e. The molecule has 1 atom stereocenters. The fraction of sp³-hybridized carbons (Fsp3) is 0.588. The van der Waals surface area contributed by atoms with Gasteiger partial charge in [-0.05, 0) is 57.7 Å². The zero-order valence-corrected chi connectivity index (χ0v) is 13.6. The molecule has 0 aliphatic carbocycles. The Kier molecular flexibility index (Phi) is 4.75. The van der Waals surface area contributed by atoms with Crippen molar-refractivity contribution in [1.82, 2.24) is 4.90 Å². The van der Waals surface area contributed by atoms with Crippen molar-refractivity contribution in [2.75, 3.05) is 13.1 Å². The number of halogens is 1. The summed E-state index contributed by atoms with van der Waals surface area (Å²) in [6.45, 7) is 6.42. The van der Waals surface area contributed by atoms with Crippen molar-refractivity contribution in [1.29, 1.82) is 0 Å². The lowest BCUT2D eigenvalue weighted by molar-refractivity contribution is -0.0154. The lowest BCUT2D eigenvalue weighted by Crippen LogP contribution is -2.57. The molecule has 0 aromatic heterocycles. The Hall–Kier alpha value is -1.62. The van der Waals surface area contributed by atoms with Gasteiger partial charge in [0.15, 0.2) is 0 Å². The largest absolute Gasteiger partial charge is 0.444 e. The van der Waals surface area contributed by atoms with Crippen LogP contribution in [0.3, 0.4) is 0 Å². The fourth-order valence-corrected chi connectivity index (χ4v) is 3.01. The molecule has 0 radical (unpaired) electrons. The molecule has 1 aliphatic heterocycles. The third kappa shape index (κ3) is 3.40. The van der Waals surface area contributed by atoms with Crippen molar-refractivity contribution >= 4 is 6.09 Å². The molecule has 1 saturated heterocycles. The lowest BCUT2D eigenvalue weighted by atomic mass is 9.80. The Labute approximate surface area is 131 Å². The minimum absolute atomic E-state index is 0.290. The molecule has 1 aromatic carbocycles. The van der Waals surface area contributed by atoms with Crippen molar-refractivity contribution in [2.45, 2.75) is 51.2 Å². The van der Waals surface area contributed by atoms with E-state index in [0.29, 0.717) is 6.54 Å². The van der Waals surface area contributed by atoms with Gasteiger partial charge in [-0.15, -0.1) is 0 Å². The summed E-state index contributed by atoms with van der Waals surface area (Å²) in [5.41, 5.74) is 5.75. The number of ether oxygens (including phenoxy) is 1. The van der Waals surface area contributed by atoms with Gasteiger partial charge in [0.2, 0.25) is 0 Å². The second kappa shape index (κ2) is 6.24. The summed E-state index contributed by atoms with van der Waals surface area (Å²) in [5, 5.41) is 0. The minimum atomic E-state index is -0.617. The number of nitrogens with two attached hydrogens (primary N) is 1. The quantitative estimate of drug-likeness (QED) is 0.911. The topological polar surface area (TPSA) is 55.6 Å². The Morgan fingerprint density at radius 1 is 1.32 bits per heavy atom. The van der Waals surface area contributed by atoms with Gasteiger partial charge < -0.3 is 10.5 Å². The molecule has 22 heavy (non-hydrogen) atoms. The summed E-state index contributed by atoms with van der Waals surface area (Å²) < 4.78 is 18.8. The van der Waals surface area contributed by atoms with E-state index in [1.54, 1.807) is 17.0 Å². The van der Waals surface area contributed by atoms with Crippen molar-refractivity contribution in [3.05, 3.63) is 35.6 Å². The van der Waals surface area contributed by atoms with Crippen LogP contribution in [0.5, 0.6) is 0 Å². The molecule has 0 bridgehead atoms. The van der Waals surface area contributed by atoms with Crippen LogP contribution in [0.15, 0.2) is 24.3 Å². The molecule has 122 valence electrons. The summed E-state index contributed by atoms with van der Waals surface area (Å²) in [5.74, 6) is -0.296. The van der Waals surface area contributed by atoms with E-state index < -0.39 is 11.1 Å². The van der Waals surface area contributed by atoms with E-state index in [2.05, 4.69) is 0 Å². The Morgan fingerprint density at radius 3 is 2.50 bits per heavy atom. The van der Waals surface area contributed by atoms with Crippen LogP contribution in [0.2, 0.25) is 0 Å². The molecule has 1 aliphatic rings. The number of carbonyl (C=O) groups is 1. The van der Waals surface area contributed by atoms with Crippen LogP contribution in [0, 0.1) is 5.82 Å². The van der Waals surface area contributed by atoms with Crippen LogP contribution >= 0.6 is 0 Å². The maximum atomic E-state index is 13.2. The summed E-state index contributed by atoms with van der Waals surface area (Å²) in [4.78, 5) is 14.3. The number of hydrogen-bond acceptors (Lipinski definition) is 3. The van der Waals surface area contributed by atoms with E-state index in [1.165, 1.54) is 12.1 Å². The molecule has 0 saturated carbocycles. The first-order valence-electron chi connectivity index (χ1n) is 7.75. The van der Waals surface area contributed by atoms with E-state index in [1.807, 2.05) is 20.8 Å². The molecule has 1 aromatic rings. The molecule has 1 unspecified atom stereocenters. The van der Waals surface area contributed by atoms with Gasteiger partial charge in [-0.3, -0.25) is 4.90 Å². The number of nitrogens with zero attached hydrogens (tertiary/aromatic N) is 1. The third-order valence-electron chi connectivity index (χ3n) is 4.07. The third-order valence-corrected chi connectivity index (χ3v) is 4.07. The maximum absolute atomic E-state index is 13.2. The molecule has 1 fully saturated rings. The van der Waals surface area contributed by atoms with Crippen LogP contribution < -0.4 is 5.73 Å². The van der Waals surface area contributed by atoms with Gasteiger partial charge in [0.05, 0.1) is 5.54 Å². The predicted octanol–water partition coefficient (Wildman–Crippen LogP) is 3.40. The van der Waals surface area contributed by atoms with Gasteiger partial charge in [0, 0.05) is 13.1 Å². The van der Waals surface area contributed by atoms with E-state index in [-0.39, 0.29) is 18.5 Å². The zero-order chi connectivity index (χ0) is 16.4. The molecule has 0 spiro atoms. The number of likely N-dealkylation sites (tertiary alicyclic amines) is 1. The Balaban J connectivity index is 2.36. The predicted molar refractivity (Wildman–Crippen MR) is 83.9 cm³/mol. The summed E-state index contributed by atoms with van der Waals surface area (Å²) in [7, 11) is 0. The van der Waals surface area contributed by atoms with E-state index >= 15 is 0 Å². The van der Waals surface area contributed by atoms with Gasteiger partial charge in [-0.1, -0.05) is 12.1 Å². The molecular formula is C17H25FN2O2. The van der Waals surface area contributed by atoms with Crippen LogP contribution in [-0.2, 0) is 10.3 Å². The smallest absolute Gasteiger partial charge is 0.411 e. The highest BCUT2D eigenvalue weighted by Crippen LogP contribution is 2.38.